The number of esters is 1. The maximum Gasteiger partial charge on any atom is 0.305 e. The number of carbonyl (C=O) groups is 2. The van der Waals surface area contributed by atoms with Crippen LogP contribution in [0.4, 0.5) is 0 Å². The number of allylic oxidation sites excluding steroid dienone is 5. The van der Waals surface area contributed by atoms with E-state index in [1.54, 1.807) is 32.1 Å². The third-order valence-electron chi connectivity index (χ3n) is 5.61. The van der Waals surface area contributed by atoms with Crippen LogP contribution in [0.5, 0.6) is 0 Å². The van der Waals surface area contributed by atoms with E-state index in [4.69, 9.17) is 9.99 Å². The fraction of sp³-hybridized carbons (Fsp3) is 0.619. The first-order chi connectivity index (χ1) is 12.5. The molecule has 6 heteroatoms. The first kappa shape index (κ1) is 21.5. The molecule has 2 aliphatic carbocycles. The van der Waals surface area contributed by atoms with Gasteiger partial charge in [0.05, 0.1) is 0 Å². The normalized spacial score (nSPS) is 34.6. The smallest absolute Gasteiger partial charge is 0.305 e. The Hall–Kier alpha value is -1.76. The van der Waals surface area contributed by atoms with Crippen molar-refractivity contribution in [1.82, 2.24) is 0 Å². The molecule has 5 atom stereocenters. The summed E-state index contributed by atoms with van der Waals surface area (Å²) in [6, 6.07) is 0. The number of rotatable bonds is 6. The van der Waals surface area contributed by atoms with Gasteiger partial charge in [0.15, 0.2) is 5.78 Å². The second-order valence-electron chi connectivity index (χ2n) is 8.22. The van der Waals surface area contributed by atoms with E-state index in [1.807, 2.05) is 26.0 Å². The minimum Gasteiger partial charge on any atom is -0.433 e. The van der Waals surface area contributed by atoms with Gasteiger partial charge in [-0.1, -0.05) is 36.8 Å². The maximum atomic E-state index is 12.5. The summed E-state index contributed by atoms with van der Waals surface area (Å²) >= 11 is 0. The lowest BCUT2D eigenvalue weighted by atomic mass is 9.73. The molecule has 2 N–H and O–H groups in total. The monoisotopic (exact) mass is 378 g/mol. The molecule has 1 fully saturated rings. The predicted molar refractivity (Wildman–Crippen MR) is 100 cm³/mol. The molecule has 0 aromatic heterocycles. The third-order valence-corrected chi connectivity index (χ3v) is 5.61. The van der Waals surface area contributed by atoms with Gasteiger partial charge in [0.25, 0.3) is 0 Å². The second kappa shape index (κ2) is 8.09. The van der Waals surface area contributed by atoms with Crippen LogP contribution in [0.15, 0.2) is 36.0 Å². The summed E-state index contributed by atoms with van der Waals surface area (Å²) in [4.78, 5) is 28.4. The van der Waals surface area contributed by atoms with Crippen LogP contribution in [0.2, 0.25) is 0 Å². The molecule has 27 heavy (non-hydrogen) atoms. The van der Waals surface area contributed by atoms with E-state index >= 15 is 0 Å². The molecule has 0 heterocycles. The molecule has 0 radical (unpaired) electrons. The molecule has 5 unspecified atom stereocenters. The van der Waals surface area contributed by atoms with Crippen LogP contribution in [0, 0.1) is 23.7 Å². The number of hydrogen-bond acceptors (Lipinski definition) is 6. The molecule has 0 bridgehead atoms. The molecule has 0 spiro atoms. The van der Waals surface area contributed by atoms with Crippen LogP contribution in [-0.2, 0) is 19.2 Å². The van der Waals surface area contributed by atoms with Crippen LogP contribution >= 0.6 is 0 Å². The van der Waals surface area contributed by atoms with Gasteiger partial charge in [-0.05, 0) is 45.1 Å². The second-order valence-corrected chi connectivity index (χ2v) is 8.22. The number of hydrogen-bond donors (Lipinski definition) is 2. The summed E-state index contributed by atoms with van der Waals surface area (Å²) < 4.78 is 5.32. The van der Waals surface area contributed by atoms with Crippen LogP contribution in [0.3, 0.4) is 0 Å². The van der Waals surface area contributed by atoms with E-state index in [9.17, 15) is 14.7 Å². The van der Waals surface area contributed by atoms with Crippen molar-refractivity contribution < 1.29 is 29.6 Å². The Labute approximate surface area is 160 Å². The summed E-state index contributed by atoms with van der Waals surface area (Å²) in [6.07, 6.45) is 9.68. The van der Waals surface area contributed by atoms with E-state index in [-0.39, 0.29) is 17.6 Å². The van der Waals surface area contributed by atoms with Crippen molar-refractivity contribution in [2.75, 3.05) is 0 Å². The average Bonchev–Trinajstić information content (AvgIpc) is 3.05. The zero-order chi connectivity index (χ0) is 20.4. The first-order valence-corrected chi connectivity index (χ1v) is 9.33. The summed E-state index contributed by atoms with van der Waals surface area (Å²) in [5.41, 5.74) is 0.157. The molecule has 2 aliphatic rings. The lowest BCUT2D eigenvalue weighted by Crippen LogP contribution is -2.46. The van der Waals surface area contributed by atoms with Crippen molar-refractivity contribution in [3.05, 3.63) is 36.0 Å². The van der Waals surface area contributed by atoms with Crippen molar-refractivity contribution in [2.45, 2.75) is 58.8 Å². The molecule has 0 saturated heterocycles. The topological polar surface area (TPSA) is 93.1 Å². The molecule has 150 valence electrons. The van der Waals surface area contributed by atoms with Crippen molar-refractivity contribution >= 4 is 11.8 Å². The van der Waals surface area contributed by atoms with Crippen molar-refractivity contribution in [1.29, 1.82) is 0 Å². The Morgan fingerprint density at radius 1 is 1.37 bits per heavy atom. The van der Waals surface area contributed by atoms with Gasteiger partial charge >= 0.3 is 5.97 Å². The molecular formula is C21H30O6. The van der Waals surface area contributed by atoms with E-state index < -0.39 is 29.2 Å². The maximum absolute atomic E-state index is 12.5. The van der Waals surface area contributed by atoms with E-state index in [1.165, 1.54) is 6.92 Å². The third kappa shape index (κ3) is 4.75. The SMILES string of the molecule is CC(=O)OC1(O)CCC(C(C)=CC=CC(C)(C)OO)C1C1C(=O)C=CC1C. The van der Waals surface area contributed by atoms with Gasteiger partial charge in [-0.2, -0.15) is 0 Å². The lowest BCUT2D eigenvalue weighted by Gasteiger charge is -2.37. The minimum absolute atomic E-state index is 0.0322. The molecule has 0 aliphatic heterocycles. The van der Waals surface area contributed by atoms with E-state index in [0.717, 1.165) is 5.57 Å². The Morgan fingerprint density at radius 2 is 2.04 bits per heavy atom. The van der Waals surface area contributed by atoms with E-state index in [2.05, 4.69) is 4.89 Å². The summed E-state index contributed by atoms with van der Waals surface area (Å²) in [5, 5.41) is 20.0. The van der Waals surface area contributed by atoms with Crippen molar-refractivity contribution in [3.63, 3.8) is 0 Å². The summed E-state index contributed by atoms with van der Waals surface area (Å²) in [5.74, 6) is -3.31. The fourth-order valence-electron chi connectivity index (χ4n) is 4.26. The predicted octanol–water partition coefficient (Wildman–Crippen LogP) is 3.43. The number of aliphatic hydroxyl groups is 1. The minimum atomic E-state index is -1.65. The average molecular weight is 378 g/mol. The van der Waals surface area contributed by atoms with Gasteiger partial charge in [-0.3, -0.25) is 14.8 Å². The molecule has 6 nitrogen and oxygen atoms in total. The lowest BCUT2D eigenvalue weighted by molar-refractivity contribution is -0.297. The van der Waals surface area contributed by atoms with Gasteiger partial charge in [0.1, 0.15) is 5.60 Å². The molecule has 0 amide bonds. The summed E-state index contributed by atoms with van der Waals surface area (Å²) in [6.45, 7) is 8.58. The Bertz CT molecular complexity index is 674. The highest BCUT2D eigenvalue weighted by Crippen LogP contribution is 2.51. The quantitative estimate of drug-likeness (QED) is 0.242. The molecule has 0 aromatic carbocycles. The zero-order valence-corrected chi connectivity index (χ0v) is 16.6. The molecular weight excluding hydrogens is 348 g/mol. The molecule has 0 aromatic rings. The van der Waals surface area contributed by atoms with Gasteiger partial charge < -0.3 is 9.84 Å². The molecule has 1 saturated carbocycles. The number of ether oxygens (including phenoxy) is 1. The van der Waals surface area contributed by atoms with Crippen LogP contribution in [0.25, 0.3) is 0 Å². The highest BCUT2D eigenvalue weighted by Gasteiger charge is 2.56. The summed E-state index contributed by atoms with van der Waals surface area (Å²) in [7, 11) is 0. The Morgan fingerprint density at radius 3 is 2.56 bits per heavy atom. The first-order valence-electron chi connectivity index (χ1n) is 9.33. The van der Waals surface area contributed by atoms with Crippen LogP contribution in [-0.4, -0.2) is 33.5 Å². The van der Waals surface area contributed by atoms with Crippen LogP contribution < -0.4 is 0 Å². The standard InChI is InChI=1S/C21H30O6/c1-13(7-6-11-20(4,5)27-25)16-10-12-21(24,26-15(3)22)19(16)18-14(2)8-9-17(18)23/h6-9,11,14,16,18-19,24-25H,10,12H2,1-5H3. The number of ketones is 1. The zero-order valence-electron chi connectivity index (χ0n) is 16.6. The van der Waals surface area contributed by atoms with Gasteiger partial charge in [-0.25, -0.2) is 4.89 Å². The van der Waals surface area contributed by atoms with Crippen molar-refractivity contribution in [2.24, 2.45) is 23.7 Å². The Kier molecular flexibility index (Phi) is 6.45. The van der Waals surface area contributed by atoms with Crippen molar-refractivity contribution in [3.8, 4) is 0 Å². The number of carbonyl (C=O) groups excluding carboxylic acids is 2. The fourth-order valence-corrected chi connectivity index (χ4v) is 4.26. The van der Waals surface area contributed by atoms with Gasteiger partial charge in [0, 0.05) is 25.2 Å². The van der Waals surface area contributed by atoms with Crippen LogP contribution in [0.1, 0.15) is 47.5 Å². The van der Waals surface area contributed by atoms with Gasteiger partial charge in [-0.15, -0.1) is 0 Å². The highest BCUT2D eigenvalue weighted by molar-refractivity contribution is 5.95. The molecule has 2 rings (SSSR count). The highest BCUT2D eigenvalue weighted by atomic mass is 17.1. The largest absolute Gasteiger partial charge is 0.433 e. The van der Waals surface area contributed by atoms with Gasteiger partial charge in [0.2, 0.25) is 5.79 Å². The van der Waals surface area contributed by atoms with E-state index in [0.29, 0.717) is 12.8 Å². The Balaban J connectivity index is 2.34.